The van der Waals surface area contributed by atoms with E-state index in [0.717, 1.165) is 48.3 Å². The van der Waals surface area contributed by atoms with Crippen molar-refractivity contribution in [2.24, 2.45) is 4.99 Å². The molecule has 3 rings (SSSR count). The summed E-state index contributed by atoms with van der Waals surface area (Å²) in [5, 5.41) is 12.0. The molecule has 28 heavy (non-hydrogen) atoms. The summed E-state index contributed by atoms with van der Waals surface area (Å²) in [6, 6.07) is 5.86. The van der Waals surface area contributed by atoms with E-state index in [2.05, 4.69) is 44.5 Å². The lowest BCUT2D eigenvalue weighted by Gasteiger charge is -2.11. The molecule has 0 unspecified atom stereocenters. The zero-order valence-electron chi connectivity index (χ0n) is 16.1. The first kappa shape index (κ1) is 22.3. The van der Waals surface area contributed by atoms with Crippen molar-refractivity contribution in [3.8, 4) is 5.82 Å². The Labute approximate surface area is 186 Å². The maximum absolute atomic E-state index is 4.68. The van der Waals surface area contributed by atoms with Crippen LogP contribution in [0, 0.1) is 0 Å². The highest BCUT2D eigenvalue weighted by atomic mass is 127. The van der Waals surface area contributed by atoms with Gasteiger partial charge in [0.05, 0.1) is 11.6 Å². The number of aromatic nitrogens is 4. The van der Waals surface area contributed by atoms with Gasteiger partial charge in [-0.3, -0.25) is 0 Å². The van der Waals surface area contributed by atoms with Gasteiger partial charge in [-0.25, -0.2) is 19.6 Å². The monoisotopic (exact) mass is 511 g/mol. The number of nitrogens with one attached hydrogen (secondary N) is 2. The number of hydrogen-bond acceptors (Lipinski definition) is 5. The smallest absolute Gasteiger partial charge is 0.191 e. The van der Waals surface area contributed by atoms with Crippen LogP contribution in [-0.4, -0.2) is 38.8 Å². The Bertz CT molecular complexity index is 861. The first-order valence-corrected chi connectivity index (χ1v) is 10.0. The van der Waals surface area contributed by atoms with Gasteiger partial charge < -0.3 is 10.6 Å². The van der Waals surface area contributed by atoms with E-state index in [4.69, 9.17) is 0 Å². The van der Waals surface area contributed by atoms with Gasteiger partial charge in [-0.05, 0) is 37.1 Å². The third-order valence-electron chi connectivity index (χ3n) is 3.89. The molecule has 0 saturated heterocycles. The molecule has 2 N–H and O–H groups in total. The van der Waals surface area contributed by atoms with Gasteiger partial charge in [0.15, 0.2) is 11.8 Å². The fraction of sp³-hybridized carbons (Fsp3) is 0.368. The van der Waals surface area contributed by atoms with E-state index >= 15 is 0 Å². The molecule has 3 aromatic heterocycles. The van der Waals surface area contributed by atoms with Gasteiger partial charge in [0, 0.05) is 49.2 Å². The molecule has 0 aromatic carbocycles. The first-order valence-electron chi connectivity index (χ1n) is 9.19. The standard InChI is InChI=1S/C19H25N7S.HI/c1-3-16-14-23-18(27-16)7-10-22-19(20-4-2)24-13-15-6-9-21-17(12-15)26-11-5-8-25-26;/h5-6,8-9,11-12,14H,3-4,7,10,13H2,1-2H3,(H2,20,22,24);1H. The second kappa shape index (κ2) is 11.7. The van der Waals surface area contributed by atoms with Crippen LogP contribution >= 0.6 is 35.3 Å². The van der Waals surface area contributed by atoms with Crippen molar-refractivity contribution in [1.82, 2.24) is 30.4 Å². The number of thiazole rings is 1. The van der Waals surface area contributed by atoms with Gasteiger partial charge in [-0.15, -0.1) is 35.3 Å². The summed E-state index contributed by atoms with van der Waals surface area (Å²) < 4.78 is 1.75. The number of aryl methyl sites for hydroxylation is 1. The molecular weight excluding hydrogens is 485 g/mol. The zero-order valence-corrected chi connectivity index (χ0v) is 19.3. The van der Waals surface area contributed by atoms with E-state index in [9.17, 15) is 0 Å². The van der Waals surface area contributed by atoms with Crippen LogP contribution in [0.2, 0.25) is 0 Å². The number of nitrogens with zero attached hydrogens (tertiary/aromatic N) is 5. The predicted octanol–water partition coefficient (Wildman–Crippen LogP) is 3.20. The zero-order chi connectivity index (χ0) is 18.9. The fourth-order valence-corrected chi connectivity index (χ4v) is 3.38. The van der Waals surface area contributed by atoms with Crippen molar-refractivity contribution < 1.29 is 0 Å². The minimum Gasteiger partial charge on any atom is -0.357 e. The highest BCUT2D eigenvalue weighted by Gasteiger charge is 2.03. The lowest BCUT2D eigenvalue weighted by atomic mass is 10.2. The Morgan fingerprint density at radius 3 is 2.82 bits per heavy atom. The number of halogens is 1. The fourth-order valence-electron chi connectivity index (χ4n) is 2.52. The second-order valence-electron chi connectivity index (χ2n) is 5.92. The quantitative estimate of drug-likeness (QED) is 0.276. The summed E-state index contributed by atoms with van der Waals surface area (Å²) in [4.78, 5) is 14.8. The molecule has 0 spiro atoms. The Hall–Kier alpha value is -2.01. The minimum atomic E-state index is 0. The molecule has 0 fully saturated rings. The van der Waals surface area contributed by atoms with E-state index in [-0.39, 0.29) is 24.0 Å². The van der Waals surface area contributed by atoms with Crippen LogP contribution in [0.25, 0.3) is 5.82 Å². The van der Waals surface area contributed by atoms with Crippen LogP contribution in [0.4, 0.5) is 0 Å². The molecule has 0 atom stereocenters. The summed E-state index contributed by atoms with van der Waals surface area (Å²) >= 11 is 1.78. The van der Waals surface area contributed by atoms with E-state index in [1.54, 1.807) is 28.4 Å². The van der Waals surface area contributed by atoms with Crippen molar-refractivity contribution >= 4 is 41.3 Å². The van der Waals surface area contributed by atoms with Crippen LogP contribution in [0.1, 0.15) is 29.3 Å². The lowest BCUT2D eigenvalue weighted by Crippen LogP contribution is -2.38. The van der Waals surface area contributed by atoms with Crippen LogP contribution in [0.3, 0.4) is 0 Å². The Morgan fingerprint density at radius 2 is 2.11 bits per heavy atom. The normalized spacial score (nSPS) is 11.1. The largest absolute Gasteiger partial charge is 0.357 e. The molecule has 7 nitrogen and oxygen atoms in total. The SMILES string of the molecule is CCNC(=NCc1ccnc(-n2cccn2)c1)NCCc1ncc(CC)s1.I. The molecule has 0 radical (unpaired) electrons. The first-order chi connectivity index (χ1) is 13.3. The molecule has 3 aromatic rings. The molecule has 0 aliphatic heterocycles. The van der Waals surface area contributed by atoms with Crippen molar-refractivity contribution in [3.63, 3.8) is 0 Å². The van der Waals surface area contributed by atoms with Crippen LogP contribution in [0.15, 0.2) is 48.0 Å². The maximum atomic E-state index is 4.68. The Balaban J connectivity index is 0.00000280. The molecule has 3 heterocycles. The molecule has 150 valence electrons. The number of rotatable bonds is 8. The molecule has 0 saturated carbocycles. The summed E-state index contributed by atoms with van der Waals surface area (Å²) in [6.07, 6.45) is 9.32. The van der Waals surface area contributed by atoms with Gasteiger partial charge in [-0.2, -0.15) is 5.10 Å². The van der Waals surface area contributed by atoms with Crippen molar-refractivity contribution in [3.05, 3.63) is 58.4 Å². The van der Waals surface area contributed by atoms with Gasteiger partial charge in [0.25, 0.3) is 0 Å². The van der Waals surface area contributed by atoms with Crippen molar-refractivity contribution in [1.29, 1.82) is 0 Å². The van der Waals surface area contributed by atoms with Gasteiger partial charge in [0.1, 0.15) is 0 Å². The van der Waals surface area contributed by atoms with E-state index < -0.39 is 0 Å². The molecule has 9 heteroatoms. The highest BCUT2D eigenvalue weighted by molar-refractivity contribution is 14.0. The Kier molecular flexibility index (Phi) is 9.35. The van der Waals surface area contributed by atoms with Gasteiger partial charge in [-0.1, -0.05) is 6.92 Å². The van der Waals surface area contributed by atoms with Gasteiger partial charge >= 0.3 is 0 Å². The number of pyridine rings is 1. The maximum Gasteiger partial charge on any atom is 0.191 e. The van der Waals surface area contributed by atoms with Crippen LogP contribution in [-0.2, 0) is 19.4 Å². The van der Waals surface area contributed by atoms with Crippen molar-refractivity contribution in [2.75, 3.05) is 13.1 Å². The molecule has 0 bridgehead atoms. The average molecular weight is 511 g/mol. The topological polar surface area (TPSA) is 80.0 Å². The molecular formula is C19H26IN7S. The van der Waals surface area contributed by atoms with E-state index in [1.807, 2.05) is 30.6 Å². The number of hydrogen-bond donors (Lipinski definition) is 2. The van der Waals surface area contributed by atoms with E-state index in [1.165, 1.54) is 4.88 Å². The molecule has 0 aliphatic rings. The van der Waals surface area contributed by atoms with Gasteiger partial charge in [0.2, 0.25) is 0 Å². The predicted molar refractivity (Wildman–Crippen MR) is 125 cm³/mol. The summed E-state index contributed by atoms with van der Waals surface area (Å²) in [6.45, 7) is 6.41. The third kappa shape index (κ3) is 6.55. The minimum absolute atomic E-state index is 0. The second-order valence-corrected chi connectivity index (χ2v) is 7.12. The lowest BCUT2D eigenvalue weighted by molar-refractivity contribution is 0.795. The van der Waals surface area contributed by atoms with E-state index in [0.29, 0.717) is 6.54 Å². The molecule has 0 amide bonds. The van der Waals surface area contributed by atoms with Crippen LogP contribution < -0.4 is 10.6 Å². The summed E-state index contributed by atoms with van der Waals surface area (Å²) in [7, 11) is 0. The summed E-state index contributed by atoms with van der Waals surface area (Å²) in [5.74, 6) is 1.60. The highest BCUT2D eigenvalue weighted by Crippen LogP contribution is 2.13. The summed E-state index contributed by atoms with van der Waals surface area (Å²) in [5.41, 5.74) is 1.08. The third-order valence-corrected chi connectivity index (χ3v) is 5.10. The average Bonchev–Trinajstić information content (AvgIpc) is 3.38. The number of aliphatic imine (C=N–C) groups is 1. The number of guanidine groups is 1. The van der Waals surface area contributed by atoms with Crippen molar-refractivity contribution in [2.45, 2.75) is 33.2 Å². The Morgan fingerprint density at radius 1 is 1.21 bits per heavy atom. The van der Waals surface area contributed by atoms with Crippen LogP contribution in [0.5, 0.6) is 0 Å². The molecule has 0 aliphatic carbocycles.